The Balaban J connectivity index is 2.43. The van der Waals surface area contributed by atoms with Crippen LogP contribution in [0.5, 0.6) is 11.5 Å². The molecule has 1 atom stereocenters. The standard InChI is InChI=1S/C9H10BrNO2S/c1-5-4-12-8-6(13-5)3-7(14-2)11-9(8)10/h3,5H,4H2,1-2H3/t5-/m0/s1. The van der Waals surface area contributed by atoms with Gasteiger partial charge in [-0.05, 0) is 29.1 Å². The molecule has 0 aromatic carbocycles. The molecule has 0 saturated carbocycles. The highest BCUT2D eigenvalue weighted by atomic mass is 79.9. The van der Waals surface area contributed by atoms with Crippen molar-refractivity contribution < 1.29 is 9.47 Å². The first kappa shape index (κ1) is 10.1. The van der Waals surface area contributed by atoms with Gasteiger partial charge in [0.05, 0.1) is 0 Å². The minimum absolute atomic E-state index is 0.103. The summed E-state index contributed by atoms with van der Waals surface area (Å²) in [5.74, 6) is 1.48. The summed E-state index contributed by atoms with van der Waals surface area (Å²) in [6.45, 7) is 2.56. The van der Waals surface area contributed by atoms with Crippen molar-refractivity contribution in [2.24, 2.45) is 0 Å². The van der Waals surface area contributed by atoms with E-state index < -0.39 is 0 Å². The third-order valence-electron chi connectivity index (χ3n) is 1.87. The van der Waals surface area contributed by atoms with Crippen LogP contribution < -0.4 is 9.47 Å². The Hall–Kier alpha value is -0.420. The second-order valence-corrected chi connectivity index (χ2v) is 4.60. The Bertz CT molecular complexity index is 359. The lowest BCUT2D eigenvalue weighted by Gasteiger charge is -2.24. The maximum atomic E-state index is 5.65. The van der Waals surface area contributed by atoms with E-state index in [-0.39, 0.29) is 6.10 Å². The number of hydrogen-bond acceptors (Lipinski definition) is 4. The van der Waals surface area contributed by atoms with Crippen LogP contribution in [0.25, 0.3) is 0 Å². The summed E-state index contributed by atoms with van der Waals surface area (Å²) in [4.78, 5) is 4.30. The maximum absolute atomic E-state index is 5.65. The molecule has 14 heavy (non-hydrogen) atoms. The van der Waals surface area contributed by atoms with Gasteiger partial charge < -0.3 is 9.47 Å². The molecule has 0 saturated heterocycles. The first-order valence-corrected chi connectivity index (χ1v) is 6.26. The fourth-order valence-corrected chi connectivity index (χ4v) is 2.26. The Morgan fingerprint density at radius 3 is 3.14 bits per heavy atom. The molecule has 0 fully saturated rings. The van der Waals surface area contributed by atoms with Crippen LogP contribution in [0.4, 0.5) is 0 Å². The summed E-state index contributed by atoms with van der Waals surface area (Å²) in [5.41, 5.74) is 0. The predicted octanol–water partition coefficient (Wildman–Crippen LogP) is 2.73. The molecule has 0 amide bonds. The van der Waals surface area contributed by atoms with Gasteiger partial charge in [0.15, 0.2) is 16.1 Å². The highest BCUT2D eigenvalue weighted by Gasteiger charge is 2.21. The highest BCUT2D eigenvalue weighted by molar-refractivity contribution is 9.10. The van der Waals surface area contributed by atoms with E-state index in [1.54, 1.807) is 11.8 Å². The molecular formula is C9H10BrNO2S. The lowest BCUT2D eigenvalue weighted by Crippen LogP contribution is -2.26. The molecule has 2 rings (SSSR count). The van der Waals surface area contributed by atoms with Gasteiger partial charge >= 0.3 is 0 Å². The number of fused-ring (bicyclic) bond motifs is 1. The van der Waals surface area contributed by atoms with E-state index in [9.17, 15) is 0 Å². The largest absolute Gasteiger partial charge is 0.483 e. The van der Waals surface area contributed by atoms with E-state index in [2.05, 4.69) is 20.9 Å². The van der Waals surface area contributed by atoms with Crippen LogP contribution in [0.1, 0.15) is 6.92 Å². The van der Waals surface area contributed by atoms with Gasteiger partial charge in [-0.15, -0.1) is 11.8 Å². The quantitative estimate of drug-likeness (QED) is 0.583. The lowest BCUT2D eigenvalue weighted by atomic mass is 10.3. The fourth-order valence-electron chi connectivity index (χ4n) is 1.23. The summed E-state index contributed by atoms with van der Waals surface area (Å²) in [5, 5.41) is 0.924. The van der Waals surface area contributed by atoms with Crippen LogP contribution in [0.15, 0.2) is 15.7 Å². The van der Waals surface area contributed by atoms with E-state index in [0.29, 0.717) is 17.0 Å². The van der Waals surface area contributed by atoms with Crippen LogP contribution in [0.3, 0.4) is 0 Å². The van der Waals surface area contributed by atoms with Crippen molar-refractivity contribution in [2.45, 2.75) is 18.1 Å². The van der Waals surface area contributed by atoms with Crippen LogP contribution in [0.2, 0.25) is 0 Å². The molecule has 3 nitrogen and oxygen atoms in total. The molecule has 5 heteroatoms. The smallest absolute Gasteiger partial charge is 0.194 e. The Labute approximate surface area is 95.3 Å². The molecule has 2 heterocycles. The summed E-state index contributed by atoms with van der Waals surface area (Å²) in [6, 6.07) is 1.90. The molecule has 1 aromatic heterocycles. The molecule has 1 aliphatic heterocycles. The van der Waals surface area contributed by atoms with E-state index in [4.69, 9.17) is 9.47 Å². The van der Waals surface area contributed by atoms with E-state index in [0.717, 1.165) is 10.8 Å². The lowest BCUT2D eigenvalue weighted by molar-refractivity contribution is 0.102. The third kappa shape index (κ3) is 1.83. The molecule has 0 N–H and O–H groups in total. The minimum Gasteiger partial charge on any atom is -0.483 e. The van der Waals surface area contributed by atoms with Crippen molar-refractivity contribution in [3.63, 3.8) is 0 Å². The van der Waals surface area contributed by atoms with Crippen LogP contribution in [-0.4, -0.2) is 24.0 Å². The number of nitrogens with zero attached hydrogens (tertiary/aromatic N) is 1. The van der Waals surface area contributed by atoms with Crippen molar-refractivity contribution in [1.29, 1.82) is 0 Å². The number of pyridine rings is 1. The zero-order valence-electron chi connectivity index (χ0n) is 7.91. The zero-order chi connectivity index (χ0) is 10.1. The summed E-state index contributed by atoms with van der Waals surface area (Å²) in [6.07, 6.45) is 2.08. The van der Waals surface area contributed by atoms with Gasteiger partial charge in [0.1, 0.15) is 17.7 Å². The van der Waals surface area contributed by atoms with Gasteiger partial charge in [-0.3, -0.25) is 0 Å². The van der Waals surface area contributed by atoms with Gasteiger partial charge in [-0.2, -0.15) is 0 Å². The van der Waals surface area contributed by atoms with Crippen molar-refractivity contribution >= 4 is 27.7 Å². The molecule has 1 aromatic rings. The van der Waals surface area contributed by atoms with Crippen molar-refractivity contribution in [3.05, 3.63) is 10.7 Å². The van der Waals surface area contributed by atoms with Crippen LogP contribution in [-0.2, 0) is 0 Å². The summed E-state index contributed by atoms with van der Waals surface area (Å²) >= 11 is 4.94. The highest BCUT2D eigenvalue weighted by Crippen LogP contribution is 2.39. The van der Waals surface area contributed by atoms with Gasteiger partial charge in [-0.1, -0.05) is 0 Å². The van der Waals surface area contributed by atoms with E-state index in [1.807, 2.05) is 19.2 Å². The van der Waals surface area contributed by atoms with E-state index in [1.165, 1.54) is 0 Å². The molecule has 76 valence electrons. The fraction of sp³-hybridized carbons (Fsp3) is 0.444. The van der Waals surface area contributed by atoms with Gasteiger partial charge in [-0.25, -0.2) is 4.98 Å². The molecule has 0 radical (unpaired) electrons. The molecule has 0 spiro atoms. The second kappa shape index (κ2) is 3.98. The average Bonchev–Trinajstić information content (AvgIpc) is 2.16. The predicted molar refractivity (Wildman–Crippen MR) is 59.3 cm³/mol. The number of hydrogen-bond donors (Lipinski definition) is 0. The SMILES string of the molecule is CSc1cc2c(c(Br)n1)OC[C@H](C)O2. The van der Waals surface area contributed by atoms with Gasteiger partial charge in [0.25, 0.3) is 0 Å². The van der Waals surface area contributed by atoms with Crippen LogP contribution in [0, 0.1) is 0 Å². The summed E-state index contributed by atoms with van der Waals surface area (Å²) < 4.78 is 11.9. The first-order chi connectivity index (χ1) is 6.70. The average molecular weight is 276 g/mol. The molecule has 0 unspecified atom stereocenters. The Morgan fingerprint density at radius 1 is 1.64 bits per heavy atom. The first-order valence-electron chi connectivity index (χ1n) is 4.24. The normalized spacial score (nSPS) is 19.5. The molecular weight excluding hydrogens is 266 g/mol. The number of halogens is 1. The van der Waals surface area contributed by atoms with Crippen molar-refractivity contribution in [3.8, 4) is 11.5 Å². The monoisotopic (exact) mass is 275 g/mol. The summed E-state index contributed by atoms with van der Waals surface area (Å²) in [7, 11) is 0. The molecule has 0 bridgehead atoms. The van der Waals surface area contributed by atoms with Gasteiger partial charge in [0.2, 0.25) is 0 Å². The number of thioether (sulfide) groups is 1. The van der Waals surface area contributed by atoms with Crippen molar-refractivity contribution in [1.82, 2.24) is 4.98 Å². The Morgan fingerprint density at radius 2 is 2.43 bits per heavy atom. The molecule has 0 aliphatic carbocycles. The van der Waals surface area contributed by atoms with E-state index >= 15 is 0 Å². The maximum Gasteiger partial charge on any atom is 0.194 e. The topological polar surface area (TPSA) is 31.4 Å². The number of ether oxygens (including phenoxy) is 2. The number of rotatable bonds is 1. The minimum atomic E-state index is 0.103. The third-order valence-corrected chi connectivity index (χ3v) is 3.04. The zero-order valence-corrected chi connectivity index (χ0v) is 10.3. The Kier molecular flexibility index (Phi) is 2.88. The van der Waals surface area contributed by atoms with Crippen LogP contribution >= 0.6 is 27.7 Å². The second-order valence-electron chi connectivity index (χ2n) is 3.02. The van der Waals surface area contributed by atoms with Crippen molar-refractivity contribution in [2.75, 3.05) is 12.9 Å². The van der Waals surface area contributed by atoms with Gasteiger partial charge in [0, 0.05) is 6.07 Å². The number of aromatic nitrogens is 1. The molecule has 1 aliphatic rings.